The molecule has 6 heteroatoms. The molecule has 0 saturated carbocycles. The van der Waals surface area contributed by atoms with Gasteiger partial charge < -0.3 is 20.7 Å². The molecular formula is C15H25N3O2S. The number of nitrogens with one attached hydrogen (secondary N) is 1. The van der Waals surface area contributed by atoms with Gasteiger partial charge in [-0.1, -0.05) is 0 Å². The van der Waals surface area contributed by atoms with Crippen molar-refractivity contribution in [1.29, 1.82) is 0 Å². The summed E-state index contributed by atoms with van der Waals surface area (Å²) in [6, 6.07) is 5.65. The van der Waals surface area contributed by atoms with E-state index in [2.05, 4.69) is 23.4 Å². The summed E-state index contributed by atoms with van der Waals surface area (Å²) < 4.78 is 5.21. The number of thioether (sulfide) groups is 1. The number of nitrogens with zero attached hydrogens (tertiary/aromatic N) is 1. The maximum Gasteiger partial charge on any atom is 0.225 e. The molecule has 0 heterocycles. The van der Waals surface area contributed by atoms with Gasteiger partial charge in [-0.25, -0.2) is 0 Å². The molecule has 0 spiro atoms. The number of carbonyl (C=O) groups excluding carboxylic acids is 1. The molecule has 0 fully saturated rings. The van der Waals surface area contributed by atoms with Crippen molar-refractivity contribution in [1.82, 2.24) is 4.90 Å². The van der Waals surface area contributed by atoms with Gasteiger partial charge in [0.05, 0.1) is 12.8 Å². The van der Waals surface area contributed by atoms with E-state index in [1.807, 2.05) is 18.8 Å². The molecule has 5 nitrogen and oxygen atoms in total. The van der Waals surface area contributed by atoms with Crippen molar-refractivity contribution in [3.63, 3.8) is 0 Å². The van der Waals surface area contributed by atoms with Crippen LogP contribution in [0.15, 0.2) is 18.2 Å². The fourth-order valence-electron chi connectivity index (χ4n) is 1.90. The smallest absolute Gasteiger partial charge is 0.225 e. The Bertz CT molecular complexity index is 468. The number of hydrogen-bond acceptors (Lipinski definition) is 5. The van der Waals surface area contributed by atoms with E-state index in [1.165, 1.54) is 0 Å². The number of nitrogens with two attached hydrogens (primary N) is 1. The highest BCUT2D eigenvalue weighted by Crippen LogP contribution is 2.26. The second-order valence-corrected chi connectivity index (χ2v) is 5.95. The average Bonchev–Trinajstić information content (AvgIpc) is 2.45. The molecule has 118 valence electrons. The van der Waals surface area contributed by atoms with Crippen LogP contribution in [0.3, 0.4) is 0 Å². The molecule has 1 aromatic rings. The first kappa shape index (κ1) is 17.7. The number of carbonyl (C=O) groups is 1. The number of amides is 1. The number of ether oxygens (including phenoxy) is 1. The van der Waals surface area contributed by atoms with Gasteiger partial charge in [0.25, 0.3) is 0 Å². The van der Waals surface area contributed by atoms with Crippen LogP contribution in [0.4, 0.5) is 11.4 Å². The summed E-state index contributed by atoms with van der Waals surface area (Å²) in [7, 11) is 3.61. The Hall–Kier alpha value is -1.40. The standard InChI is InChI=1S/C15H25N3O2S/c1-11(10-21-4)18(2)8-7-15(19)17-13-9-12(16)5-6-14(13)20-3/h5-6,9,11H,7-8,10,16H2,1-4H3,(H,17,19). The Kier molecular flexibility index (Phi) is 7.39. The molecule has 1 aromatic carbocycles. The summed E-state index contributed by atoms with van der Waals surface area (Å²) in [5.74, 6) is 1.63. The van der Waals surface area contributed by atoms with Crippen molar-refractivity contribution in [2.24, 2.45) is 0 Å². The fourth-order valence-corrected chi connectivity index (χ4v) is 2.64. The minimum absolute atomic E-state index is 0.0397. The molecule has 0 aliphatic heterocycles. The average molecular weight is 311 g/mol. The number of benzene rings is 1. The van der Waals surface area contributed by atoms with Crippen molar-refractivity contribution in [3.8, 4) is 5.75 Å². The molecule has 0 aliphatic carbocycles. The van der Waals surface area contributed by atoms with E-state index in [-0.39, 0.29) is 5.91 Å². The van der Waals surface area contributed by atoms with E-state index >= 15 is 0 Å². The van der Waals surface area contributed by atoms with Crippen LogP contribution in [0.5, 0.6) is 5.75 Å². The first-order chi connectivity index (χ1) is 9.97. The van der Waals surface area contributed by atoms with Gasteiger partial charge in [-0.2, -0.15) is 11.8 Å². The molecule has 0 aromatic heterocycles. The molecule has 21 heavy (non-hydrogen) atoms. The van der Waals surface area contributed by atoms with Crippen molar-refractivity contribution in [2.45, 2.75) is 19.4 Å². The highest BCUT2D eigenvalue weighted by Gasteiger charge is 2.12. The van der Waals surface area contributed by atoms with Gasteiger partial charge in [0, 0.05) is 30.4 Å². The van der Waals surface area contributed by atoms with E-state index in [4.69, 9.17) is 10.5 Å². The molecule has 0 radical (unpaired) electrons. The third-order valence-electron chi connectivity index (χ3n) is 3.35. The van der Waals surface area contributed by atoms with E-state index in [0.717, 1.165) is 12.3 Å². The third-order valence-corrected chi connectivity index (χ3v) is 4.17. The molecule has 1 atom stereocenters. The molecule has 1 rings (SSSR count). The summed E-state index contributed by atoms with van der Waals surface area (Å²) in [6.07, 6.45) is 2.52. The zero-order valence-corrected chi connectivity index (χ0v) is 14.0. The second-order valence-electron chi connectivity index (χ2n) is 5.04. The van der Waals surface area contributed by atoms with Crippen LogP contribution in [0.2, 0.25) is 0 Å². The third kappa shape index (κ3) is 5.85. The number of methoxy groups -OCH3 is 1. The normalized spacial score (nSPS) is 12.2. The van der Waals surface area contributed by atoms with Gasteiger partial charge in [0.1, 0.15) is 5.75 Å². The maximum absolute atomic E-state index is 12.0. The van der Waals surface area contributed by atoms with Gasteiger partial charge in [-0.15, -0.1) is 0 Å². The van der Waals surface area contributed by atoms with Crippen LogP contribution in [-0.4, -0.2) is 49.6 Å². The van der Waals surface area contributed by atoms with Crippen molar-refractivity contribution in [3.05, 3.63) is 18.2 Å². The van der Waals surface area contributed by atoms with Crippen LogP contribution in [-0.2, 0) is 4.79 Å². The number of hydrogen-bond donors (Lipinski definition) is 2. The van der Waals surface area contributed by atoms with Crippen LogP contribution in [0.25, 0.3) is 0 Å². The highest BCUT2D eigenvalue weighted by atomic mass is 32.2. The Balaban J connectivity index is 2.52. The Morgan fingerprint density at radius 2 is 2.24 bits per heavy atom. The lowest BCUT2D eigenvalue weighted by Crippen LogP contribution is -2.33. The lowest BCUT2D eigenvalue weighted by atomic mass is 10.2. The van der Waals surface area contributed by atoms with E-state index in [0.29, 0.717) is 29.6 Å². The maximum atomic E-state index is 12.0. The molecule has 1 amide bonds. The zero-order chi connectivity index (χ0) is 15.8. The zero-order valence-electron chi connectivity index (χ0n) is 13.2. The van der Waals surface area contributed by atoms with Gasteiger partial charge >= 0.3 is 0 Å². The molecule has 0 bridgehead atoms. The molecular weight excluding hydrogens is 286 g/mol. The van der Waals surface area contributed by atoms with Crippen LogP contribution < -0.4 is 15.8 Å². The van der Waals surface area contributed by atoms with Crippen LogP contribution >= 0.6 is 11.8 Å². The molecule has 3 N–H and O–H groups in total. The van der Waals surface area contributed by atoms with Gasteiger partial charge in [0.15, 0.2) is 0 Å². The topological polar surface area (TPSA) is 67.6 Å². The molecule has 0 saturated heterocycles. The SMILES string of the molecule is COc1ccc(N)cc1NC(=O)CCN(C)C(C)CSC. The van der Waals surface area contributed by atoms with Crippen molar-refractivity contribution >= 4 is 29.0 Å². The lowest BCUT2D eigenvalue weighted by Gasteiger charge is -2.23. The van der Waals surface area contributed by atoms with E-state index in [9.17, 15) is 4.79 Å². The summed E-state index contributed by atoms with van der Waals surface area (Å²) in [4.78, 5) is 14.2. The Morgan fingerprint density at radius 3 is 2.86 bits per heavy atom. The monoisotopic (exact) mass is 311 g/mol. The quantitative estimate of drug-likeness (QED) is 0.721. The predicted molar refractivity (Wildman–Crippen MR) is 91.1 cm³/mol. The minimum atomic E-state index is -0.0397. The van der Waals surface area contributed by atoms with Crippen molar-refractivity contribution in [2.75, 3.05) is 43.8 Å². The Morgan fingerprint density at radius 1 is 1.52 bits per heavy atom. The Labute approximate surface area is 131 Å². The van der Waals surface area contributed by atoms with Crippen LogP contribution in [0, 0.1) is 0 Å². The first-order valence-corrected chi connectivity index (χ1v) is 8.29. The number of nitrogen functional groups attached to an aromatic ring is 1. The number of anilines is 2. The van der Waals surface area contributed by atoms with E-state index < -0.39 is 0 Å². The predicted octanol–water partition coefficient (Wildman–Crippen LogP) is 2.29. The molecule has 0 aliphatic rings. The van der Waals surface area contributed by atoms with Gasteiger partial charge in [-0.3, -0.25) is 4.79 Å². The first-order valence-electron chi connectivity index (χ1n) is 6.90. The lowest BCUT2D eigenvalue weighted by molar-refractivity contribution is -0.116. The van der Waals surface area contributed by atoms with E-state index in [1.54, 1.807) is 25.3 Å². The van der Waals surface area contributed by atoms with Gasteiger partial charge in [-0.05, 0) is 38.4 Å². The molecule has 1 unspecified atom stereocenters. The minimum Gasteiger partial charge on any atom is -0.495 e. The summed E-state index contributed by atoms with van der Waals surface area (Å²) >= 11 is 1.81. The fraction of sp³-hybridized carbons (Fsp3) is 0.533. The summed E-state index contributed by atoms with van der Waals surface area (Å²) in [5.41, 5.74) is 6.94. The second kappa shape index (κ2) is 8.79. The van der Waals surface area contributed by atoms with Gasteiger partial charge in [0.2, 0.25) is 5.91 Å². The van der Waals surface area contributed by atoms with Crippen molar-refractivity contribution < 1.29 is 9.53 Å². The summed E-state index contributed by atoms with van der Waals surface area (Å²) in [6.45, 7) is 2.88. The number of rotatable bonds is 8. The summed E-state index contributed by atoms with van der Waals surface area (Å²) in [5, 5.41) is 2.85. The van der Waals surface area contributed by atoms with Crippen LogP contribution in [0.1, 0.15) is 13.3 Å². The largest absolute Gasteiger partial charge is 0.495 e. The highest BCUT2D eigenvalue weighted by molar-refractivity contribution is 7.98.